The normalized spacial score (nSPS) is 18.4. The van der Waals surface area contributed by atoms with Crippen LogP contribution in [-0.2, 0) is 4.79 Å². The van der Waals surface area contributed by atoms with E-state index in [1.165, 1.54) is 23.1 Å². The average Bonchev–Trinajstić information content (AvgIpc) is 3.17. The lowest BCUT2D eigenvalue weighted by molar-refractivity contribution is -0.136. The third kappa shape index (κ3) is 4.15. The minimum atomic E-state index is -2.80. The maximum Gasteiger partial charge on any atom is 0.282 e. The van der Waals surface area contributed by atoms with Gasteiger partial charge in [-0.25, -0.2) is 8.78 Å². The van der Waals surface area contributed by atoms with E-state index in [0.717, 1.165) is 12.8 Å². The fourth-order valence-electron chi connectivity index (χ4n) is 4.31. The number of primary amides is 1. The van der Waals surface area contributed by atoms with Crippen molar-refractivity contribution in [2.45, 2.75) is 31.4 Å². The Morgan fingerprint density at radius 1 is 1.19 bits per heavy atom. The van der Waals surface area contributed by atoms with Gasteiger partial charge in [-0.3, -0.25) is 24.2 Å². The zero-order valence-corrected chi connectivity index (χ0v) is 16.8. The largest absolute Gasteiger partial charge is 0.387 e. The molecule has 31 heavy (non-hydrogen) atoms. The molecule has 3 N–H and O–H groups in total. The fraction of sp³-hybridized carbons (Fsp3) is 0.500. The van der Waals surface area contributed by atoms with Gasteiger partial charge < -0.3 is 15.7 Å². The van der Waals surface area contributed by atoms with Crippen LogP contribution in [-0.4, -0.2) is 80.3 Å². The van der Waals surface area contributed by atoms with Crippen molar-refractivity contribution in [1.82, 2.24) is 24.6 Å². The Morgan fingerprint density at radius 2 is 1.90 bits per heavy atom. The van der Waals surface area contributed by atoms with Gasteiger partial charge in [-0.1, -0.05) is 6.07 Å². The molecule has 166 valence electrons. The number of piperidine rings is 1. The van der Waals surface area contributed by atoms with Gasteiger partial charge in [-0.15, -0.1) is 0 Å². The van der Waals surface area contributed by atoms with Crippen molar-refractivity contribution in [3.8, 4) is 11.1 Å². The van der Waals surface area contributed by atoms with Crippen LogP contribution < -0.4 is 5.73 Å². The summed E-state index contributed by atoms with van der Waals surface area (Å²) in [6.07, 6.45) is 1.74. The lowest BCUT2D eigenvalue weighted by Crippen LogP contribution is -2.56. The molecule has 2 aromatic rings. The van der Waals surface area contributed by atoms with Gasteiger partial charge in [0.05, 0.1) is 6.04 Å². The highest BCUT2D eigenvalue weighted by Crippen LogP contribution is 2.35. The number of halogens is 2. The molecule has 2 amide bonds. The summed E-state index contributed by atoms with van der Waals surface area (Å²) in [5.41, 5.74) is 5.30. The number of carbonyl (C=O) groups excluding carboxylic acids is 2. The van der Waals surface area contributed by atoms with Crippen molar-refractivity contribution >= 4 is 11.8 Å². The first-order chi connectivity index (χ1) is 14.9. The summed E-state index contributed by atoms with van der Waals surface area (Å²) >= 11 is 0. The molecule has 11 heteroatoms. The van der Waals surface area contributed by atoms with E-state index in [9.17, 15) is 18.4 Å². The number of amides is 2. The van der Waals surface area contributed by atoms with Crippen molar-refractivity contribution in [2.75, 3.05) is 32.8 Å². The lowest BCUT2D eigenvalue weighted by atomic mass is 9.97. The molecule has 0 radical (unpaired) electrons. The molecule has 0 unspecified atom stereocenters. The molecule has 2 saturated heterocycles. The summed E-state index contributed by atoms with van der Waals surface area (Å²) in [5.74, 6) is -1.04. The van der Waals surface area contributed by atoms with Gasteiger partial charge in [0.1, 0.15) is 18.0 Å². The van der Waals surface area contributed by atoms with Crippen LogP contribution in [0, 0.1) is 0 Å². The quantitative estimate of drug-likeness (QED) is 0.695. The van der Waals surface area contributed by atoms with Crippen LogP contribution in [0.1, 0.15) is 41.5 Å². The van der Waals surface area contributed by atoms with Crippen molar-refractivity contribution < 1.29 is 23.5 Å². The van der Waals surface area contributed by atoms with Gasteiger partial charge in [0.15, 0.2) is 0 Å². The molecule has 0 spiro atoms. The van der Waals surface area contributed by atoms with Crippen LogP contribution in [0.2, 0.25) is 0 Å². The smallest absolute Gasteiger partial charge is 0.282 e. The van der Waals surface area contributed by atoms with E-state index in [4.69, 9.17) is 10.8 Å². The third-order valence-electron chi connectivity index (χ3n) is 6.03. The Bertz CT molecular complexity index is 968. The van der Waals surface area contributed by atoms with Crippen molar-refractivity contribution in [1.29, 1.82) is 0 Å². The van der Waals surface area contributed by atoms with Crippen molar-refractivity contribution in [3.63, 3.8) is 0 Å². The van der Waals surface area contributed by atoms with Crippen LogP contribution in [0.4, 0.5) is 8.78 Å². The molecule has 4 rings (SSSR count). The van der Waals surface area contributed by atoms with Gasteiger partial charge in [-0.05, 0) is 18.9 Å². The minimum absolute atomic E-state index is 0.0583. The summed E-state index contributed by atoms with van der Waals surface area (Å²) in [6.45, 7) is 2.06. The molecular formula is C20H24F2N6O3. The van der Waals surface area contributed by atoms with E-state index >= 15 is 0 Å². The first kappa shape index (κ1) is 21.3. The number of hydrogen-bond acceptors (Lipinski definition) is 6. The SMILES string of the molecule is NC(=O)c1ncccc1-c1cn(C2CN(C3CCN(C(=O)CO)CC3)C2)nc1C(F)F. The Kier molecular flexibility index (Phi) is 5.96. The molecule has 2 fully saturated rings. The second-order valence-electron chi connectivity index (χ2n) is 7.85. The predicted molar refractivity (Wildman–Crippen MR) is 106 cm³/mol. The predicted octanol–water partition coefficient (Wildman–Crippen LogP) is 0.822. The van der Waals surface area contributed by atoms with E-state index in [0.29, 0.717) is 32.2 Å². The molecule has 2 aromatic heterocycles. The van der Waals surface area contributed by atoms with E-state index in [2.05, 4.69) is 15.0 Å². The van der Waals surface area contributed by atoms with Crippen molar-refractivity contribution in [2.24, 2.45) is 5.73 Å². The molecule has 0 saturated carbocycles. The number of aliphatic hydroxyl groups excluding tert-OH is 1. The topological polar surface area (TPSA) is 118 Å². The Hall–Kier alpha value is -2.92. The van der Waals surface area contributed by atoms with E-state index in [1.54, 1.807) is 11.0 Å². The lowest BCUT2D eigenvalue weighted by Gasteiger charge is -2.47. The maximum absolute atomic E-state index is 13.7. The molecule has 2 aliphatic heterocycles. The Morgan fingerprint density at radius 3 is 2.52 bits per heavy atom. The zero-order valence-electron chi connectivity index (χ0n) is 16.8. The summed E-state index contributed by atoms with van der Waals surface area (Å²) < 4.78 is 28.9. The molecule has 2 aliphatic rings. The van der Waals surface area contributed by atoms with Crippen molar-refractivity contribution in [3.05, 3.63) is 35.9 Å². The zero-order chi connectivity index (χ0) is 22.1. The number of nitrogens with zero attached hydrogens (tertiary/aromatic N) is 5. The van der Waals surface area contributed by atoms with Gasteiger partial charge >= 0.3 is 0 Å². The first-order valence-corrected chi connectivity index (χ1v) is 10.1. The number of hydrogen-bond donors (Lipinski definition) is 2. The van der Waals surface area contributed by atoms with Gasteiger partial charge in [0, 0.05) is 55.7 Å². The summed E-state index contributed by atoms with van der Waals surface area (Å²) in [4.78, 5) is 31.1. The molecule has 0 aromatic carbocycles. The number of alkyl halides is 2. The standard InChI is InChI=1S/C20H24F2N6O3/c21-19(22)17-15(14-2-1-5-24-18(14)20(23)31)10-28(25-17)13-8-27(9-13)12-3-6-26(7-4-12)16(30)11-29/h1-2,5,10,12-13,19,29H,3-4,6-9,11H2,(H2,23,31). The third-order valence-corrected chi connectivity index (χ3v) is 6.03. The molecule has 4 heterocycles. The van der Waals surface area contributed by atoms with Crippen LogP contribution in [0.5, 0.6) is 0 Å². The second kappa shape index (κ2) is 8.67. The molecular weight excluding hydrogens is 410 g/mol. The molecule has 0 atom stereocenters. The average molecular weight is 434 g/mol. The highest BCUT2D eigenvalue weighted by molar-refractivity contribution is 5.98. The van der Waals surface area contributed by atoms with Gasteiger partial charge in [0.2, 0.25) is 5.91 Å². The summed E-state index contributed by atoms with van der Waals surface area (Å²) in [5, 5.41) is 13.1. The first-order valence-electron chi connectivity index (χ1n) is 10.1. The summed E-state index contributed by atoms with van der Waals surface area (Å²) in [6, 6.07) is 3.35. The maximum atomic E-state index is 13.7. The van der Waals surface area contributed by atoms with Crippen LogP contribution in [0.3, 0.4) is 0 Å². The highest BCUT2D eigenvalue weighted by atomic mass is 19.3. The number of carbonyl (C=O) groups is 2. The van der Waals surface area contributed by atoms with Crippen LogP contribution >= 0.6 is 0 Å². The van der Waals surface area contributed by atoms with E-state index < -0.39 is 24.6 Å². The number of aliphatic hydroxyl groups is 1. The number of likely N-dealkylation sites (tertiary alicyclic amines) is 2. The van der Waals surface area contributed by atoms with Crippen LogP contribution in [0.15, 0.2) is 24.5 Å². The minimum Gasteiger partial charge on any atom is -0.387 e. The van der Waals surface area contributed by atoms with E-state index in [-0.39, 0.29) is 28.8 Å². The molecule has 0 bridgehead atoms. The molecule has 9 nitrogen and oxygen atoms in total. The highest BCUT2D eigenvalue weighted by Gasteiger charge is 2.37. The van der Waals surface area contributed by atoms with Gasteiger partial charge in [-0.2, -0.15) is 5.10 Å². The molecule has 0 aliphatic carbocycles. The number of rotatable bonds is 6. The Labute approximate surface area is 177 Å². The fourth-order valence-corrected chi connectivity index (χ4v) is 4.31. The van der Waals surface area contributed by atoms with E-state index in [1.807, 2.05) is 0 Å². The Balaban J connectivity index is 1.46. The van der Waals surface area contributed by atoms with Crippen LogP contribution in [0.25, 0.3) is 11.1 Å². The number of nitrogens with two attached hydrogens (primary N) is 1. The monoisotopic (exact) mass is 434 g/mol. The second-order valence-corrected chi connectivity index (χ2v) is 7.85. The summed E-state index contributed by atoms with van der Waals surface area (Å²) in [7, 11) is 0. The van der Waals surface area contributed by atoms with Gasteiger partial charge in [0.25, 0.3) is 12.3 Å². The number of aromatic nitrogens is 3. The number of pyridine rings is 1.